The lowest BCUT2D eigenvalue weighted by atomic mass is 10.2. The van der Waals surface area contributed by atoms with Crippen LogP contribution in [0.2, 0.25) is 0 Å². The Morgan fingerprint density at radius 3 is 2.42 bits per heavy atom. The summed E-state index contributed by atoms with van der Waals surface area (Å²) in [5.41, 5.74) is 6.16. The third-order valence-corrected chi connectivity index (χ3v) is 2.48. The molecule has 2 aromatic rings. The number of ether oxygens (including phenoxy) is 1. The topological polar surface area (TPSA) is 59.0 Å². The molecule has 0 aliphatic rings. The van der Waals surface area contributed by atoms with Crippen molar-refractivity contribution in [3.8, 4) is 17.6 Å². The quantitative estimate of drug-likeness (QED) is 0.922. The van der Waals surface area contributed by atoms with Crippen molar-refractivity contribution in [1.82, 2.24) is 0 Å². The number of nitriles is 1. The van der Waals surface area contributed by atoms with Gasteiger partial charge in [0.05, 0.1) is 11.6 Å². The van der Waals surface area contributed by atoms with Crippen LogP contribution in [0.1, 0.15) is 11.1 Å². The van der Waals surface area contributed by atoms with Gasteiger partial charge in [-0.2, -0.15) is 5.26 Å². The van der Waals surface area contributed by atoms with Gasteiger partial charge in [0.2, 0.25) is 0 Å². The minimum atomic E-state index is -0.922. The van der Waals surface area contributed by atoms with Gasteiger partial charge in [0.1, 0.15) is 5.75 Å². The van der Waals surface area contributed by atoms with E-state index in [-0.39, 0.29) is 11.3 Å². The molecule has 0 atom stereocenters. The number of hydrogen-bond acceptors (Lipinski definition) is 3. The number of hydrogen-bond donors (Lipinski definition) is 1. The highest BCUT2D eigenvalue weighted by molar-refractivity contribution is 5.40. The molecule has 2 aromatic carbocycles. The molecule has 0 spiro atoms. The maximum atomic E-state index is 13.6. The fourth-order valence-corrected chi connectivity index (χ4v) is 1.58. The Labute approximate surface area is 108 Å². The molecule has 96 valence electrons. The molecular formula is C14H10F2N2O. The van der Waals surface area contributed by atoms with Crippen LogP contribution in [0.4, 0.5) is 8.78 Å². The maximum Gasteiger partial charge on any atom is 0.198 e. The summed E-state index contributed by atoms with van der Waals surface area (Å²) in [6.07, 6.45) is 0. The third kappa shape index (κ3) is 2.87. The molecule has 3 nitrogen and oxygen atoms in total. The lowest BCUT2D eigenvalue weighted by Crippen LogP contribution is -1.98. The molecule has 0 aliphatic heterocycles. The smallest absolute Gasteiger partial charge is 0.198 e. The number of nitrogens with zero attached hydrogens (tertiary/aromatic N) is 1. The molecule has 2 rings (SSSR count). The molecule has 0 heterocycles. The second-order valence-electron chi connectivity index (χ2n) is 3.83. The van der Waals surface area contributed by atoms with Crippen LogP contribution in [0.15, 0.2) is 36.4 Å². The monoisotopic (exact) mass is 260 g/mol. The van der Waals surface area contributed by atoms with Gasteiger partial charge in [-0.3, -0.25) is 0 Å². The zero-order valence-electron chi connectivity index (χ0n) is 9.86. The lowest BCUT2D eigenvalue weighted by molar-refractivity contribution is 0.407. The van der Waals surface area contributed by atoms with E-state index in [0.717, 1.165) is 17.7 Å². The van der Waals surface area contributed by atoms with Crippen LogP contribution in [0.5, 0.6) is 11.5 Å². The van der Waals surface area contributed by atoms with E-state index < -0.39 is 17.4 Å². The maximum absolute atomic E-state index is 13.6. The Kier molecular flexibility index (Phi) is 3.74. The second kappa shape index (κ2) is 5.46. The Morgan fingerprint density at radius 2 is 1.84 bits per heavy atom. The number of rotatable bonds is 3. The summed E-state index contributed by atoms with van der Waals surface area (Å²) in [7, 11) is 0. The molecule has 5 heteroatoms. The largest absolute Gasteiger partial charge is 0.451 e. The average Bonchev–Trinajstić information content (AvgIpc) is 2.42. The van der Waals surface area contributed by atoms with E-state index in [1.165, 1.54) is 0 Å². The van der Waals surface area contributed by atoms with Crippen LogP contribution < -0.4 is 10.5 Å². The van der Waals surface area contributed by atoms with Crippen molar-refractivity contribution in [2.75, 3.05) is 0 Å². The van der Waals surface area contributed by atoms with E-state index in [9.17, 15) is 8.78 Å². The summed E-state index contributed by atoms with van der Waals surface area (Å²) in [4.78, 5) is 0. The molecule has 0 radical (unpaired) electrons. The highest BCUT2D eigenvalue weighted by atomic mass is 19.1. The predicted molar refractivity (Wildman–Crippen MR) is 65.5 cm³/mol. The van der Waals surface area contributed by atoms with E-state index in [4.69, 9.17) is 15.7 Å². The average molecular weight is 260 g/mol. The minimum absolute atomic E-state index is 0.0990. The van der Waals surface area contributed by atoms with Crippen molar-refractivity contribution in [3.63, 3.8) is 0 Å². The normalized spacial score (nSPS) is 10.0. The van der Waals surface area contributed by atoms with Gasteiger partial charge < -0.3 is 10.5 Å². The predicted octanol–water partition coefficient (Wildman–Crippen LogP) is 3.09. The van der Waals surface area contributed by atoms with E-state index >= 15 is 0 Å². The van der Waals surface area contributed by atoms with Gasteiger partial charge in [-0.05, 0) is 29.8 Å². The van der Waals surface area contributed by atoms with Crippen LogP contribution in [0.25, 0.3) is 0 Å². The highest BCUT2D eigenvalue weighted by Crippen LogP contribution is 2.28. The number of benzene rings is 2. The van der Waals surface area contributed by atoms with Crippen LogP contribution in [0.3, 0.4) is 0 Å². The standard InChI is InChI=1S/C14H10F2N2O/c15-12-5-10(8-18)6-13(16)14(12)19-11-3-1-2-9(4-11)7-17/h1-6H,7,17H2. The number of nitrogens with two attached hydrogens (primary N) is 1. The first kappa shape index (κ1) is 13.0. The molecule has 19 heavy (non-hydrogen) atoms. The van der Waals surface area contributed by atoms with Crippen molar-refractivity contribution in [1.29, 1.82) is 5.26 Å². The Balaban J connectivity index is 2.36. The van der Waals surface area contributed by atoms with E-state index in [1.54, 1.807) is 30.3 Å². The van der Waals surface area contributed by atoms with Crippen molar-refractivity contribution >= 4 is 0 Å². The van der Waals surface area contributed by atoms with Crippen molar-refractivity contribution in [3.05, 3.63) is 59.2 Å². The van der Waals surface area contributed by atoms with E-state index in [1.807, 2.05) is 0 Å². The number of halogens is 2. The van der Waals surface area contributed by atoms with Crippen molar-refractivity contribution in [2.45, 2.75) is 6.54 Å². The van der Waals surface area contributed by atoms with Crippen molar-refractivity contribution < 1.29 is 13.5 Å². The molecule has 2 N–H and O–H groups in total. The fourth-order valence-electron chi connectivity index (χ4n) is 1.58. The van der Waals surface area contributed by atoms with E-state index in [2.05, 4.69) is 0 Å². The van der Waals surface area contributed by atoms with E-state index in [0.29, 0.717) is 6.54 Å². The summed E-state index contributed by atoms with van der Waals surface area (Å²) < 4.78 is 32.4. The first-order valence-electron chi connectivity index (χ1n) is 5.50. The van der Waals surface area contributed by atoms with Crippen LogP contribution in [-0.2, 0) is 6.54 Å². The first-order valence-corrected chi connectivity index (χ1v) is 5.50. The summed E-state index contributed by atoms with van der Waals surface area (Å²) >= 11 is 0. The summed E-state index contributed by atoms with van der Waals surface area (Å²) in [6.45, 7) is 0.301. The Morgan fingerprint density at radius 1 is 1.16 bits per heavy atom. The summed E-state index contributed by atoms with van der Waals surface area (Å²) in [6, 6.07) is 10.1. The van der Waals surface area contributed by atoms with Crippen LogP contribution in [0, 0.1) is 23.0 Å². The summed E-state index contributed by atoms with van der Waals surface area (Å²) in [5.74, 6) is -2.09. The minimum Gasteiger partial charge on any atom is -0.451 e. The van der Waals surface area contributed by atoms with Gasteiger partial charge in [0.15, 0.2) is 17.4 Å². The Hall–Kier alpha value is -2.45. The van der Waals surface area contributed by atoms with Gasteiger partial charge in [0, 0.05) is 6.54 Å². The third-order valence-electron chi connectivity index (χ3n) is 2.48. The molecule has 0 fully saturated rings. The lowest BCUT2D eigenvalue weighted by Gasteiger charge is -2.09. The SMILES string of the molecule is N#Cc1cc(F)c(Oc2cccc(CN)c2)c(F)c1. The molecule has 0 aromatic heterocycles. The second-order valence-corrected chi connectivity index (χ2v) is 3.83. The van der Waals surface area contributed by atoms with Gasteiger partial charge in [-0.15, -0.1) is 0 Å². The molecule has 0 saturated carbocycles. The summed E-state index contributed by atoms with van der Waals surface area (Å²) in [5, 5.41) is 8.60. The van der Waals surface area contributed by atoms with Crippen LogP contribution in [-0.4, -0.2) is 0 Å². The zero-order chi connectivity index (χ0) is 13.8. The zero-order valence-corrected chi connectivity index (χ0v) is 9.86. The molecule has 0 amide bonds. The Bertz CT molecular complexity index is 627. The molecule has 0 bridgehead atoms. The van der Waals surface area contributed by atoms with Crippen molar-refractivity contribution in [2.24, 2.45) is 5.73 Å². The van der Waals surface area contributed by atoms with Gasteiger partial charge >= 0.3 is 0 Å². The van der Waals surface area contributed by atoms with Gasteiger partial charge in [-0.25, -0.2) is 8.78 Å². The molecule has 0 saturated heterocycles. The van der Waals surface area contributed by atoms with Crippen LogP contribution >= 0.6 is 0 Å². The van der Waals surface area contributed by atoms with Gasteiger partial charge in [0.25, 0.3) is 0 Å². The molecule has 0 aliphatic carbocycles. The molecule has 0 unspecified atom stereocenters. The van der Waals surface area contributed by atoms with Gasteiger partial charge in [-0.1, -0.05) is 12.1 Å². The first-order chi connectivity index (χ1) is 9.13. The fraction of sp³-hybridized carbons (Fsp3) is 0.0714. The molecular weight excluding hydrogens is 250 g/mol. The highest BCUT2D eigenvalue weighted by Gasteiger charge is 2.13.